The molecule has 2 fully saturated rings. The molecule has 0 spiro atoms. The summed E-state index contributed by atoms with van der Waals surface area (Å²) in [5.41, 5.74) is 6.67. The highest BCUT2D eigenvalue weighted by atomic mass is 35.5. The summed E-state index contributed by atoms with van der Waals surface area (Å²) in [5, 5.41) is 16.8. The van der Waals surface area contributed by atoms with Crippen molar-refractivity contribution >= 4 is 23.7 Å². The number of benzene rings is 1. The van der Waals surface area contributed by atoms with Crippen molar-refractivity contribution in [1.82, 2.24) is 15.5 Å². The first-order valence-electron chi connectivity index (χ1n) is 13.1. The number of hydrogen-bond donors (Lipinski definition) is 4. The summed E-state index contributed by atoms with van der Waals surface area (Å²) < 4.78 is 16.4. The first-order valence-corrected chi connectivity index (χ1v) is 13.5. The third-order valence-corrected chi connectivity index (χ3v) is 7.30. The predicted molar refractivity (Wildman–Crippen MR) is 140 cm³/mol. The lowest BCUT2D eigenvalue weighted by Crippen LogP contribution is -2.54. The molecule has 10 nitrogen and oxygen atoms in total. The molecular weight excluding hydrogens is 500 g/mol. The van der Waals surface area contributed by atoms with E-state index in [0.29, 0.717) is 37.7 Å². The lowest BCUT2D eigenvalue weighted by Gasteiger charge is -2.38. The van der Waals surface area contributed by atoms with Crippen molar-refractivity contribution in [2.75, 3.05) is 53.1 Å². The van der Waals surface area contributed by atoms with E-state index >= 15 is 0 Å². The average Bonchev–Trinajstić information content (AvgIpc) is 2.92. The minimum atomic E-state index is -0.823. The summed E-state index contributed by atoms with van der Waals surface area (Å²) in [6.45, 7) is 3.16. The molecule has 0 bridgehead atoms. The van der Waals surface area contributed by atoms with Crippen LogP contribution in [0.15, 0.2) is 24.3 Å². The maximum atomic E-state index is 13.3. The highest BCUT2D eigenvalue weighted by molar-refractivity contribution is 6.30. The molecule has 2 aliphatic heterocycles. The third kappa shape index (κ3) is 9.30. The Bertz CT molecular complexity index is 856. The third-order valence-electron chi connectivity index (χ3n) is 7.06. The number of halogens is 1. The van der Waals surface area contributed by atoms with E-state index in [9.17, 15) is 14.7 Å². The molecular formula is C26H41ClN4O6. The molecule has 5 N–H and O–H groups in total. The zero-order valence-corrected chi connectivity index (χ0v) is 22.3. The van der Waals surface area contributed by atoms with E-state index in [1.165, 1.54) is 7.11 Å². The van der Waals surface area contributed by atoms with Crippen molar-refractivity contribution in [1.29, 1.82) is 0 Å². The Kier molecular flexibility index (Phi) is 12.2. The van der Waals surface area contributed by atoms with E-state index in [1.54, 1.807) is 4.90 Å². The molecule has 0 aromatic heterocycles. The Morgan fingerprint density at radius 2 is 2.16 bits per heavy atom. The molecule has 37 heavy (non-hydrogen) atoms. The molecule has 0 unspecified atom stereocenters. The molecule has 208 valence electrons. The van der Waals surface area contributed by atoms with Gasteiger partial charge in [0.05, 0.1) is 32.0 Å². The lowest BCUT2D eigenvalue weighted by atomic mass is 9.88. The van der Waals surface area contributed by atoms with Gasteiger partial charge in [-0.25, -0.2) is 9.59 Å². The van der Waals surface area contributed by atoms with E-state index in [0.717, 1.165) is 37.9 Å². The molecule has 1 aromatic carbocycles. The van der Waals surface area contributed by atoms with Crippen LogP contribution in [-0.4, -0.2) is 87.4 Å². The number of carbonyl (C=O) groups excluding carboxylic acids is 2. The molecule has 11 heteroatoms. The molecule has 2 saturated heterocycles. The summed E-state index contributed by atoms with van der Waals surface area (Å²) in [6, 6.07) is 6.87. The first kappa shape index (κ1) is 29.4. The Balaban J connectivity index is 1.65. The summed E-state index contributed by atoms with van der Waals surface area (Å²) in [5.74, 6) is 0.314. The second kappa shape index (κ2) is 15.3. The molecule has 3 amide bonds. The number of amides is 3. The molecule has 0 saturated carbocycles. The van der Waals surface area contributed by atoms with Gasteiger partial charge in [0.25, 0.3) is 0 Å². The standard InChI is InChI=1S/C26H41ClN4O6/c1-35-26(34)29-9-12-37-24(19-6-2-8-21(27)14-19)20-7-3-10-31(16-20)25(33)30-22(23(32)15-28)13-18-5-4-11-36-17-18/h2,6,8,14,18,20,22-24,32H,3-5,7,9-13,15-17,28H2,1H3,(H,29,34)(H,30,33)/t18-,20+,22-,23+,24-/m0/s1. The normalized spacial score (nSPS) is 22.5. The highest BCUT2D eigenvalue weighted by Crippen LogP contribution is 2.34. The predicted octanol–water partition coefficient (Wildman–Crippen LogP) is 2.68. The minimum absolute atomic E-state index is 0.0284. The van der Waals surface area contributed by atoms with Crippen LogP contribution >= 0.6 is 11.6 Å². The number of nitrogens with two attached hydrogens (primary N) is 1. The molecule has 2 aliphatic rings. The van der Waals surface area contributed by atoms with Gasteiger partial charge in [0, 0.05) is 50.3 Å². The number of likely N-dealkylation sites (tertiary alicyclic amines) is 1. The fourth-order valence-corrected chi connectivity index (χ4v) is 5.32. The molecule has 5 atom stereocenters. The fraction of sp³-hybridized carbons (Fsp3) is 0.692. The Morgan fingerprint density at radius 1 is 1.32 bits per heavy atom. The highest BCUT2D eigenvalue weighted by Gasteiger charge is 2.33. The van der Waals surface area contributed by atoms with Crippen molar-refractivity contribution < 1.29 is 28.9 Å². The topological polar surface area (TPSA) is 135 Å². The molecule has 0 aliphatic carbocycles. The van der Waals surface area contributed by atoms with Crippen molar-refractivity contribution in [3.8, 4) is 0 Å². The van der Waals surface area contributed by atoms with Gasteiger partial charge >= 0.3 is 12.1 Å². The van der Waals surface area contributed by atoms with Gasteiger partial charge < -0.3 is 40.6 Å². The van der Waals surface area contributed by atoms with E-state index in [4.69, 9.17) is 26.8 Å². The van der Waals surface area contributed by atoms with Crippen LogP contribution in [0.1, 0.15) is 43.8 Å². The second-order valence-electron chi connectivity index (χ2n) is 9.79. The number of rotatable bonds is 11. The van der Waals surface area contributed by atoms with Crippen molar-refractivity contribution in [2.45, 2.75) is 50.4 Å². The number of urea groups is 1. The number of hydrogen-bond acceptors (Lipinski definition) is 7. The lowest BCUT2D eigenvalue weighted by molar-refractivity contribution is -0.00926. The van der Waals surface area contributed by atoms with Crippen molar-refractivity contribution in [3.05, 3.63) is 34.9 Å². The van der Waals surface area contributed by atoms with Gasteiger partial charge in [-0.3, -0.25) is 0 Å². The maximum Gasteiger partial charge on any atom is 0.406 e. The van der Waals surface area contributed by atoms with E-state index < -0.39 is 18.2 Å². The Hall–Kier alpha value is -2.11. The Labute approximate surface area is 224 Å². The van der Waals surface area contributed by atoms with Crippen LogP contribution in [0.4, 0.5) is 9.59 Å². The number of methoxy groups -OCH3 is 1. The SMILES string of the molecule is COC(=O)NCCO[C@@H](c1cccc(Cl)c1)[C@@H]1CCCN(C(=O)N[C@@H](C[C@@H]2CCCOC2)[C@H](O)CN)C1. The van der Waals surface area contributed by atoms with Gasteiger partial charge in [-0.05, 0) is 55.7 Å². The maximum absolute atomic E-state index is 13.3. The number of carbonyl (C=O) groups is 2. The minimum Gasteiger partial charge on any atom is -0.453 e. The summed E-state index contributed by atoms with van der Waals surface area (Å²) in [4.78, 5) is 26.5. The number of ether oxygens (including phenoxy) is 3. The number of aliphatic hydroxyl groups excluding tert-OH is 1. The summed E-state index contributed by atoms with van der Waals surface area (Å²) in [7, 11) is 1.31. The average molecular weight is 541 g/mol. The van der Waals surface area contributed by atoms with Crippen LogP contribution in [0.25, 0.3) is 0 Å². The van der Waals surface area contributed by atoms with Crippen molar-refractivity contribution in [3.63, 3.8) is 0 Å². The smallest absolute Gasteiger partial charge is 0.406 e. The molecule has 1 aromatic rings. The number of piperidine rings is 1. The van der Waals surface area contributed by atoms with Crippen LogP contribution in [0.5, 0.6) is 0 Å². The zero-order valence-electron chi connectivity index (χ0n) is 21.6. The van der Waals surface area contributed by atoms with Crippen LogP contribution in [0.3, 0.4) is 0 Å². The molecule has 2 heterocycles. The van der Waals surface area contributed by atoms with Gasteiger partial charge in [-0.15, -0.1) is 0 Å². The molecule has 3 rings (SSSR count). The van der Waals surface area contributed by atoms with Gasteiger partial charge in [-0.2, -0.15) is 0 Å². The summed E-state index contributed by atoms with van der Waals surface area (Å²) in [6.07, 6.45) is 2.67. The van der Waals surface area contributed by atoms with E-state index in [-0.39, 0.29) is 37.1 Å². The van der Waals surface area contributed by atoms with Crippen molar-refractivity contribution in [2.24, 2.45) is 17.6 Å². The van der Waals surface area contributed by atoms with Crippen LogP contribution in [-0.2, 0) is 14.2 Å². The van der Waals surface area contributed by atoms with E-state index in [2.05, 4.69) is 15.4 Å². The number of nitrogens with one attached hydrogen (secondary N) is 2. The quantitative estimate of drug-likeness (QED) is 0.317. The van der Waals surface area contributed by atoms with Gasteiger partial charge in [0.2, 0.25) is 0 Å². The van der Waals surface area contributed by atoms with Crippen LogP contribution < -0.4 is 16.4 Å². The van der Waals surface area contributed by atoms with Gasteiger partial charge in [0.15, 0.2) is 0 Å². The number of alkyl carbamates (subject to hydrolysis) is 1. The Morgan fingerprint density at radius 3 is 2.86 bits per heavy atom. The monoisotopic (exact) mass is 540 g/mol. The zero-order chi connectivity index (χ0) is 26.6. The molecule has 0 radical (unpaired) electrons. The van der Waals surface area contributed by atoms with E-state index in [1.807, 2.05) is 24.3 Å². The van der Waals surface area contributed by atoms with Gasteiger partial charge in [-0.1, -0.05) is 23.7 Å². The first-order chi connectivity index (χ1) is 17.9. The summed E-state index contributed by atoms with van der Waals surface area (Å²) >= 11 is 6.26. The fourth-order valence-electron chi connectivity index (χ4n) is 5.12. The van der Waals surface area contributed by atoms with Crippen LogP contribution in [0, 0.1) is 11.8 Å². The number of nitrogens with zero attached hydrogens (tertiary/aromatic N) is 1. The van der Waals surface area contributed by atoms with Crippen LogP contribution in [0.2, 0.25) is 5.02 Å². The van der Waals surface area contributed by atoms with Gasteiger partial charge in [0.1, 0.15) is 0 Å². The largest absolute Gasteiger partial charge is 0.453 e. The number of aliphatic hydroxyl groups is 1. The second-order valence-corrected chi connectivity index (χ2v) is 10.2.